The molecule has 1 N–H and O–H groups in total. The Morgan fingerprint density at radius 3 is 2.88 bits per heavy atom. The lowest BCUT2D eigenvalue weighted by atomic mass is 10.4. The highest BCUT2D eigenvalue weighted by molar-refractivity contribution is 9.13. The van der Waals surface area contributed by atoms with E-state index in [1.165, 1.54) is 12.5 Å². The summed E-state index contributed by atoms with van der Waals surface area (Å²) in [7, 11) is 0. The van der Waals surface area contributed by atoms with Crippen LogP contribution in [0.4, 0.5) is 0 Å². The van der Waals surface area contributed by atoms with E-state index in [9.17, 15) is 4.79 Å². The minimum absolute atomic E-state index is 0.198. The number of nitrogens with one attached hydrogen (secondary N) is 1. The molecule has 2 rings (SSSR count). The smallest absolute Gasteiger partial charge is 0.307 e. The van der Waals surface area contributed by atoms with E-state index in [-0.39, 0.29) is 5.76 Å². The van der Waals surface area contributed by atoms with Crippen molar-refractivity contribution in [2.24, 2.45) is 5.10 Å². The molecule has 0 fully saturated rings. The Hall–Kier alpha value is -1.34. The lowest BCUT2D eigenvalue weighted by Crippen LogP contribution is -2.16. The minimum Gasteiger partial charge on any atom is -0.459 e. The zero-order valence-electron chi connectivity index (χ0n) is 8.31. The number of hydrazone groups is 1. The van der Waals surface area contributed by atoms with Crippen LogP contribution >= 0.6 is 31.9 Å². The van der Waals surface area contributed by atoms with Crippen molar-refractivity contribution in [2.75, 3.05) is 0 Å². The fourth-order valence-corrected chi connectivity index (χ4v) is 1.65. The van der Waals surface area contributed by atoms with Gasteiger partial charge in [0, 0.05) is 6.07 Å². The molecular weight excluding hydrogens is 356 g/mol. The van der Waals surface area contributed by atoms with Gasteiger partial charge in [-0.1, -0.05) is 0 Å². The second-order valence-corrected chi connectivity index (χ2v) is 4.52. The molecule has 0 spiro atoms. The highest BCUT2D eigenvalue weighted by Crippen LogP contribution is 2.25. The van der Waals surface area contributed by atoms with Gasteiger partial charge in [0.05, 0.1) is 17.0 Å². The van der Waals surface area contributed by atoms with Gasteiger partial charge >= 0.3 is 5.91 Å². The van der Waals surface area contributed by atoms with E-state index in [1.54, 1.807) is 18.2 Å². The molecule has 0 aliphatic rings. The Labute approximate surface area is 113 Å². The third kappa shape index (κ3) is 3.07. The average Bonchev–Trinajstić information content (AvgIpc) is 2.90. The number of nitrogens with zero attached hydrogens (tertiary/aromatic N) is 1. The predicted molar refractivity (Wildman–Crippen MR) is 67.9 cm³/mol. The van der Waals surface area contributed by atoms with Gasteiger partial charge in [0.2, 0.25) is 0 Å². The zero-order chi connectivity index (χ0) is 12.3. The molecular formula is C10H6Br2N2O3. The molecule has 0 saturated carbocycles. The Morgan fingerprint density at radius 1 is 1.47 bits per heavy atom. The van der Waals surface area contributed by atoms with Gasteiger partial charge in [-0.05, 0) is 44.0 Å². The van der Waals surface area contributed by atoms with E-state index < -0.39 is 5.91 Å². The lowest BCUT2D eigenvalue weighted by Gasteiger charge is -1.93. The van der Waals surface area contributed by atoms with Crippen LogP contribution in [-0.2, 0) is 0 Å². The molecule has 0 atom stereocenters. The molecule has 17 heavy (non-hydrogen) atoms. The van der Waals surface area contributed by atoms with E-state index in [4.69, 9.17) is 8.83 Å². The Bertz CT molecular complexity index is 526. The fourth-order valence-electron chi connectivity index (χ4n) is 1.04. The summed E-state index contributed by atoms with van der Waals surface area (Å²) in [5, 5.41) is 3.73. The molecule has 2 heterocycles. The van der Waals surface area contributed by atoms with Gasteiger partial charge in [0.15, 0.2) is 10.4 Å². The van der Waals surface area contributed by atoms with Gasteiger partial charge in [-0.3, -0.25) is 4.79 Å². The molecule has 0 aliphatic heterocycles. The van der Waals surface area contributed by atoms with Crippen LogP contribution in [0.15, 0.2) is 47.5 Å². The van der Waals surface area contributed by atoms with Crippen molar-refractivity contribution >= 4 is 44.0 Å². The monoisotopic (exact) mass is 360 g/mol. The molecule has 0 saturated heterocycles. The molecule has 1 amide bonds. The number of carbonyl (C=O) groups is 1. The van der Waals surface area contributed by atoms with Crippen molar-refractivity contribution in [3.8, 4) is 0 Å². The highest BCUT2D eigenvalue weighted by atomic mass is 79.9. The Balaban J connectivity index is 1.96. The molecule has 88 valence electrons. The second-order valence-electron chi connectivity index (χ2n) is 2.95. The summed E-state index contributed by atoms with van der Waals surface area (Å²) in [5.41, 5.74) is 2.31. The Morgan fingerprint density at radius 2 is 2.29 bits per heavy atom. The van der Waals surface area contributed by atoms with E-state index in [2.05, 4.69) is 42.4 Å². The van der Waals surface area contributed by atoms with Gasteiger partial charge in [0.1, 0.15) is 5.76 Å². The van der Waals surface area contributed by atoms with Gasteiger partial charge in [-0.25, -0.2) is 5.43 Å². The Kier molecular flexibility index (Phi) is 3.80. The van der Waals surface area contributed by atoms with Crippen LogP contribution in [-0.4, -0.2) is 12.1 Å². The van der Waals surface area contributed by atoms with Gasteiger partial charge in [-0.2, -0.15) is 5.10 Å². The molecule has 5 nitrogen and oxygen atoms in total. The molecule has 2 aromatic rings. The normalized spacial score (nSPS) is 10.9. The molecule has 0 radical (unpaired) electrons. The molecule has 0 aromatic carbocycles. The van der Waals surface area contributed by atoms with Crippen LogP contribution in [0.1, 0.15) is 16.3 Å². The summed E-state index contributed by atoms with van der Waals surface area (Å²) in [6.45, 7) is 0. The maximum Gasteiger partial charge on any atom is 0.307 e. The van der Waals surface area contributed by atoms with Crippen LogP contribution in [0.2, 0.25) is 0 Å². The number of halogens is 2. The first kappa shape index (κ1) is 12.1. The number of furan rings is 2. The van der Waals surface area contributed by atoms with Gasteiger partial charge in [0.25, 0.3) is 0 Å². The number of amides is 1. The van der Waals surface area contributed by atoms with Crippen molar-refractivity contribution in [2.45, 2.75) is 0 Å². The van der Waals surface area contributed by atoms with Crippen molar-refractivity contribution in [3.05, 3.63) is 45.1 Å². The summed E-state index contributed by atoms with van der Waals surface area (Å²) >= 11 is 6.45. The standard InChI is InChI=1S/C10H6Br2N2O3/c11-7-4-6(17-9(7)12)5-13-14-10(15)8-2-1-3-16-8/h1-5H,(H,14,15)/b13-5-. The number of rotatable bonds is 3. The molecule has 0 bridgehead atoms. The van der Waals surface area contributed by atoms with Crippen LogP contribution in [0, 0.1) is 0 Å². The largest absolute Gasteiger partial charge is 0.459 e. The molecule has 0 aliphatic carbocycles. The van der Waals surface area contributed by atoms with Crippen molar-refractivity contribution < 1.29 is 13.6 Å². The van der Waals surface area contributed by atoms with Crippen molar-refractivity contribution in [1.29, 1.82) is 0 Å². The highest BCUT2D eigenvalue weighted by Gasteiger charge is 2.07. The quantitative estimate of drug-likeness (QED) is 0.674. The van der Waals surface area contributed by atoms with Gasteiger partial charge in [-0.15, -0.1) is 0 Å². The first-order chi connectivity index (χ1) is 8.16. The van der Waals surface area contributed by atoms with E-state index in [0.29, 0.717) is 10.4 Å². The van der Waals surface area contributed by atoms with E-state index in [1.807, 2.05) is 0 Å². The van der Waals surface area contributed by atoms with E-state index in [0.717, 1.165) is 4.47 Å². The molecule has 2 aromatic heterocycles. The minimum atomic E-state index is -0.420. The van der Waals surface area contributed by atoms with Crippen LogP contribution in [0.5, 0.6) is 0 Å². The van der Waals surface area contributed by atoms with Crippen molar-refractivity contribution in [3.63, 3.8) is 0 Å². The first-order valence-corrected chi connectivity index (χ1v) is 6.07. The van der Waals surface area contributed by atoms with Crippen molar-refractivity contribution in [1.82, 2.24) is 5.43 Å². The topological polar surface area (TPSA) is 67.7 Å². The predicted octanol–water partition coefficient (Wildman–Crippen LogP) is 3.16. The summed E-state index contributed by atoms with van der Waals surface area (Å²) < 4.78 is 11.5. The average molecular weight is 362 g/mol. The third-order valence-corrected chi connectivity index (χ3v) is 3.48. The second kappa shape index (κ2) is 5.33. The van der Waals surface area contributed by atoms with E-state index >= 15 is 0 Å². The number of hydrogen-bond acceptors (Lipinski definition) is 4. The zero-order valence-corrected chi connectivity index (χ0v) is 11.5. The maximum absolute atomic E-state index is 11.4. The summed E-state index contributed by atoms with van der Waals surface area (Å²) in [4.78, 5) is 11.4. The molecule has 7 heteroatoms. The molecule has 0 unspecified atom stereocenters. The summed E-state index contributed by atoms with van der Waals surface area (Å²) in [6, 6.07) is 4.89. The summed E-state index contributed by atoms with van der Waals surface area (Å²) in [6.07, 6.45) is 2.80. The van der Waals surface area contributed by atoms with Gasteiger partial charge < -0.3 is 8.83 Å². The fraction of sp³-hybridized carbons (Fsp3) is 0. The summed E-state index contributed by atoms with van der Waals surface area (Å²) in [5.74, 6) is 0.281. The number of carbonyl (C=O) groups excluding carboxylic acids is 1. The number of hydrogen-bond donors (Lipinski definition) is 1. The third-order valence-electron chi connectivity index (χ3n) is 1.77. The first-order valence-electron chi connectivity index (χ1n) is 4.48. The van der Waals surface area contributed by atoms with Crippen LogP contribution in [0.3, 0.4) is 0 Å². The maximum atomic E-state index is 11.4. The van der Waals surface area contributed by atoms with Crippen LogP contribution in [0.25, 0.3) is 0 Å². The van der Waals surface area contributed by atoms with Crippen LogP contribution < -0.4 is 5.43 Å². The lowest BCUT2D eigenvalue weighted by molar-refractivity contribution is 0.0927. The SMILES string of the molecule is O=C(N/N=C\c1cc(Br)c(Br)o1)c1ccco1.